The van der Waals surface area contributed by atoms with Crippen molar-refractivity contribution < 1.29 is 27.4 Å². The number of carbonyl (C=O) groups is 1. The number of rotatable bonds is 6. The van der Waals surface area contributed by atoms with E-state index in [2.05, 4.69) is 5.32 Å². The van der Waals surface area contributed by atoms with Crippen molar-refractivity contribution in [3.05, 3.63) is 72.8 Å². The Morgan fingerprint density at radius 3 is 2.41 bits per heavy atom. The Kier molecular flexibility index (Phi) is 5.91. The zero-order valence-corrected chi connectivity index (χ0v) is 18.3. The smallest absolute Gasteiger partial charge is 0.267 e. The minimum Gasteiger partial charge on any atom is -0.497 e. The molecule has 0 fully saturated rings. The topological polar surface area (TPSA) is 94.2 Å². The second-order valence-electron chi connectivity index (χ2n) is 7.01. The molecule has 32 heavy (non-hydrogen) atoms. The summed E-state index contributed by atoms with van der Waals surface area (Å²) in [5.74, 6) is 0.965. The monoisotopic (exact) mass is 454 g/mol. The number of nitrogens with zero attached hydrogens (tertiary/aromatic N) is 1. The number of anilines is 2. The summed E-state index contributed by atoms with van der Waals surface area (Å²) in [5, 5.41) is 2.76. The predicted molar refractivity (Wildman–Crippen MR) is 120 cm³/mol. The predicted octanol–water partition coefficient (Wildman–Crippen LogP) is 3.30. The average Bonchev–Trinajstić information content (AvgIpc) is 2.83. The molecule has 166 valence electrons. The van der Waals surface area contributed by atoms with Crippen LogP contribution in [0.2, 0.25) is 0 Å². The summed E-state index contributed by atoms with van der Waals surface area (Å²) >= 11 is 0. The number of benzene rings is 3. The lowest BCUT2D eigenvalue weighted by atomic mass is 10.2. The highest BCUT2D eigenvalue weighted by Gasteiger charge is 2.37. The second-order valence-corrected chi connectivity index (χ2v) is 8.87. The van der Waals surface area contributed by atoms with Gasteiger partial charge in [0.1, 0.15) is 17.2 Å². The van der Waals surface area contributed by atoms with Gasteiger partial charge < -0.3 is 19.5 Å². The van der Waals surface area contributed by atoms with E-state index in [1.54, 1.807) is 60.7 Å². The maximum absolute atomic E-state index is 13.4. The van der Waals surface area contributed by atoms with Crippen molar-refractivity contribution >= 4 is 27.3 Å². The largest absolute Gasteiger partial charge is 0.497 e. The molecule has 0 aromatic heterocycles. The molecule has 0 saturated heterocycles. The number of sulfonamides is 1. The van der Waals surface area contributed by atoms with Crippen LogP contribution in [-0.2, 0) is 14.8 Å². The van der Waals surface area contributed by atoms with Crippen LogP contribution in [0.3, 0.4) is 0 Å². The van der Waals surface area contributed by atoms with Crippen LogP contribution in [-0.4, -0.2) is 41.2 Å². The Labute approximate surface area is 186 Å². The Morgan fingerprint density at radius 1 is 0.969 bits per heavy atom. The van der Waals surface area contributed by atoms with E-state index in [1.807, 2.05) is 0 Å². The van der Waals surface area contributed by atoms with Gasteiger partial charge in [-0.3, -0.25) is 9.10 Å². The number of hydrogen-bond acceptors (Lipinski definition) is 6. The van der Waals surface area contributed by atoms with Crippen molar-refractivity contribution in [2.75, 3.05) is 30.4 Å². The number of para-hydroxylation sites is 2. The molecule has 0 bridgehead atoms. The molecule has 1 heterocycles. The third kappa shape index (κ3) is 4.19. The van der Waals surface area contributed by atoms with Gasteiger partial charge in [0, 0.05) is 11.8 Å². The molecule has 0 spiro atoms. The van der Waals surface area contributed by atoms with Crippen molar-refractivity contribution in [1.82, 2.24) is 0 Å². The van der Waals surface area contributed by atoms with Crippen LogP contribution in [0, 0.1) is 0 Å². The molecule has 8 nitrogen and oxygen atoms in total. The Balaban J connectivity index is 1.64. The van der Waals surface area contributed by atoms with E-state index in [1.165, 1.54) is 30.7 Å². The number of carbonyl (C=O) groups excluding carboxylic acids is 1. The quantitative estimate of drug-likeness (QED) is 0.614. The fourth-order valence-electron chi connectivity index (χ4n) is 3.36. The fourth-order valence-corrected chi connectivity index (χ4v) is 4.84. The molecule has 1 amide bonds. The molecule has 9 heteroatoms. The van der Waals surface area contributed by atoms with Gasteiger partial charge in [0.05, 0.1) is 31.3 Å². The van der Waals surface area contributed by atoms with Crippen LogP contribution >= 0.6 is 0 Å². The zero-order valence-electron chi connectivity index (χ0n) is 17.5. The number of amides is 1. The van der Waals surface area contributed by atoms with Crippen molar-refractivity contribution in [3.63, 3.8) is 0 Å². The molecular weight excluding hydrogens is 432 g/mol. The summed E-state index contributed by atoms with van der Waals surface area (Å²) in [6.07, 6.45) is -1.05. The molecule has 3 aromatic carbocycles. The molecule has 1 N–H and O–H groups in total. The summed E-state index contributed by atoms with van der Waals surface area (Å²) in [6, 6.07) is 19.7. The van der Waals surface area contributed by atoms with Gasteiger partial charge in [-0.15, -0.1) is 0 Å². The Bertz CT molecular complexity index is 1230. The van der Waals surface area contributed by atoms with E-state index in [0.29, 0.717) is 28.6 Å². The average molecular weight is 455 g/mol. The highest BCUT2D eigenvalue weighted by molar-refractivity contribution is 7.92. The lowest BCUT2D eigenvalue weighted by molar-refractivity contribution is -0.122. The SMILES string of the molecule is COc1ccc(S(=O)(=O)N2C[C@@H](C(=O)Nc3cccc(OC)c3)Oc3ccccc32)cc1. The van der Waals surface area contributed by atoms with Gasteiger partial charge in [-0.25, -0.2) is 8.42 Å². The Hall–Kier alpha value is -3.72. The maximum atomic E-state index is 13.4. The minimum atomic E-state index is -3.95. The molecule has 0 radical (unpaired) electrons. The number of nitrogens with one attached hydrogen (secondary N) is 1. The van der Waals surface area contributed by atoms with Gasteiger partial charge in [-0.1, -0.05) is 18.2 Å². The summed E-state index contributed by atoms with van der Waals surface area (Å²) in [4.78, 5) is 13.0. The molecule has 0 saturated carbocycles. The first-order chi connectivity index (χ1) is 15.4. The molecule has 4 rings (SSSR count). The van der Waals surface area contributed by atoms with Gasteiger partial charge >= 0.3 is 0 Å². The van der Waals surface area contributed by atoms with E-state index in [-0.39, 0.29) is 11.4 Å². The molecule has 1 aliphatic heterocycles. The van der Waals surface area contributed by atoms with Gasteiger partial charge in [0.2, 0.25) is 0 Å². The summed E-state index contributed by atoms with van der Waals surface area (Å²) in [7, 11) is -0.914. The van der Waals surface area contributed by atoms with Crippen molar-refractivity contribution in [2.45, 2.75) is 11.0 Å². The number of hydrogen-bond donors (Lipinski definition) is 1. The third-order valence-electron chi connectivity index (χ3n) is 5.01. The first-order valence-electron chi connectivity index (χ1n) is 9.80. The van der Waals surface area contributed by atoms with Crippen LogP contribution in [0.15, 0.2) is 77.7 Å². The second kappa shape index (κ2) is 8.80. The van der Waals surface area contributed by atoms with Gasteiger partial charge in [-0.2, -0.15) is 0 Å². The zero-order chi connectivity index (χ0) is 22.7. The van der Waals surface area contributed by atoms with E-state index < -0.39 is 22.0 Å². The first-order valence-corrected chi connectivity index (χ1v) is 11.2. The summed E-state index contributed by atoms with van der Waals surface area (Å²) in [6.45, 7) is -0.179. The molecular formula is C23H22N2O6S. The van der Waals surface area contributed by atoms with Crippen molar-refractivity contribution in [1.29, 1.82) is 0 Å². The van der Waals surface area contributed by atoms with Crippen LogP contribution in [0.1, 0.15) is 0 Å². The summed E-state index contributed by atoms with van der Waals surface area (Å²) < 4.78 is 44.2. The lowest BCUT2D eigenvalue weighted by Gasteiger charge is -2.34. The van der Waals surface area contributed by atoms with E-state index in [9.17, 15) is 13.2 Å². The number of ether oxygens (including phenoxy) is 3. The molecule has 1 atom stereocenters. The van der Waals surface area contributed by atoms with Crippen LogP contribution in [0.4, 0.5) is 11.4 Å². The highest BCUT2D eigenvalue weighted by atomic mass is 32.2. The standard InChI is InChI=1S/C23H22N2O6S/c1-29-17-10-12-19(13-11-17)32(27,28)25-15-22(31-21-9-4-3-8-20(21)25)23(26)24-16-6-5-7-18(14-16)30-2/h3-14,22H,15H2,1-2H3,(H,24,26)/t22-/m0/s1. The highest BCUT2D eigenvalue weighted by Crippen LogP contribution is 2.37. The van der Waals surface area contributed by atoms with Crippen LogP contribution < -0.4 is 23.8 Å². The molecule has 3 aromatic rings. The minimum absolute atomic E-state index is 0.0851. The van der Waals surface area contributed by atoms with Gasteiger partial charge in [0.25, 0.3) is 15.9 Å². The van der Waals surface area contributed by atoms with Crippen molar-refractivity contribution in [2.24, 2.45) is 0 Å². The summed E-state index contributed by atoms with van der Waals surface area (Å²) in [5.41, 5.74) is 0.884. The number of fused-ring (bicyclic) bond motifs is 1. The normalized spacial score (nSPS) is 15.3. The third-order valence-corrected chi connectivity index (χ3v) is 6.81. The fraction of sp³-hybridized carbons (Fsp3) is 0.174. The van der Waals surface area contributed by atoms with Crippen LogP contribution in [0.25, 0.3) is 0 Å². The van der Waals surface area contributed by atoms with Crippen LogP contribution in [0.5, 0.6) is 17.2 Å². The maximum Gasteiger partial charge on any atom is 0.267 e. The molecule has 1 aliphatic rings. The van der Waals surface area contributed by atoms with Crippen molar-refractivity contribution in [3.8, 4) is 17.2 Å². The van der Waals surface area contributed by atoms with E-state index >= 15 is 0 Å². The first kappa shape index (κ1) is 21.5. The molecule has 0 aliphatic carbocycles. The molecule has 0 unspecified atom stereocenters. The Morgan fingerprint density at radius 2 is 1.69 bits per heavy atom. The van der Waals surface area contributed by atoms with Gasteiger partial charge in [-0.05, 0) is 48.5 Å². The number of methoxy groups -OCH3 is 2. The van der Waals surface area contributed by atoms with E-state index in [0.717, 1.165) is 0 Å². The van der Waals surface area contributed by atoms with Gasteiger partial charge in [0.15, 0.2) is 6.10 Å². The lowest BCUT2D eigenvalue weighted by Crippen LogP contribution is -2.48. The van der Waals surface area contributed by atoms with E-state index in [4.69, 9.17) is 14.2 Å².